The molecule has 1 atom stereocenters. The highest BCUT2D eigenvalue weighted by Gasteiger charge is 2.12. The van der Waals surface area contributed by atoms with Crippen LogP contribution in [0.15, 0.2) is 16.5 Å². The number of nitrogens with two attached hydrogens (primary N) is 1. The first-order chi connectivity index (χ1) is 7.54. The summed E-state index contributed by atoms with van der Waals surface area (Å²) in [5.74, 6) is 5.80. The molecule has 0 saturated heterocycles. The fourth-order valence-corrected chi connectivity index (χ4v) is 1.05. The van der Waals surface area contributed by atoms with Crippen LogP contribution in [0, 0.1) is 5.92 Å². The van der Waals surface area contributed by atoms with Crippen LogP contribution in [0.5, 0.6) is 0 Å². The van der Waals surface area contributed by atoms with Gasteiger partial charge >= 0.3 is 5.91 Å². The molecule has 1 heterocycles. The number of ether oxygens (including phenoxy) is 1. The Bertz CT molecular complexity index is 347. The van der Waals surface area contributed by atoms with Gasteiger partial charge in [0.15, 0.2) is 5.76 Å². The zero-order chi connectivity index (χ0) is 12.1. The van der Waals surface area contributed by atoms with Crippen LogP contribution in [0.25, 0.3) is 0 Å². The van der Waals surface area contributed by atoms with E-state index < -0.39 is 5.91 Å². The third-order valence-corrected chi connectivity index (χ3v) is 2.44. The summed E-state index contributed by atoms with van der Waals surface area (Å²) >= 11 is 0. The molecule has 1 aromatic rings. The minimum absolute atomic E-state index is 0.150. The Labute approximate surface area is 94.9 Å². The van der Waals surface area contributed by atoms with Crippen molar-refractivity contribution in [2.45, 2.75) is 33.5 Å². The maximum absolute atomic E-state index is 11.1. The maximum Gasteiger partial charge on any atom is 0.300 e. The molecule has 16 heavy (non-hydrogen) atoms. The molecule has 0 radical (unpaired) electrons. The largest absolute Gasteiger partial charge is 0.453 e. The van der Waals surface area contributed by atoms with Gasteiger partial charge in [-0.05, 0) is 25.0 Å². The molecule has 1 amide bonds. The van der Waals surface area contributed by atoms with E-state index in [-0.39, 0.29) is 11.9 Å². The fraction of sp³-hybridized carbons (Fsp3) is 0.545. The standard InChI is InChI=1S/C11H18N2O3/c1-7(2)8(3)15-6-9-4-5-10(16-9)11(14)13-12/h4-5,7-8H,6,12H2,1-3H3,(H,13,14). The molecule has 1 rings (SSSR count). The van der Waals surface area contributed by atoms with Gasteiger partial charge in [0.2, 0.25) is 0 Å². The van der Waals surface area contributed by atoms with Crippen LogP contribution in [0.2, 0.25) is 0 Å². The van der Waals surface area contributed by atoms with E-state index in [2.05, 4.69) is 13.8 Å². The summed E-state index contributed by atoms with van der Waals surface area (Å²) in [5, 5.41) is 0. The number of hydrogen-bond donors (Lipinski definition) is 2. The van der Waals surface area contributed by atoms with Crippen molar-refractivity contribution in [3.05, 3.63) is 23.7 Å². The van der Waals surface area contributed by atoms with E-state index >= 15 is 0 Å². The zero-order valence-corrected chi connectivity index (χ0v) is 9.82. The number of carbonyl (C=O) groups is 1. The highest BCUT2D eigenvalue weighted by molar-refractivity contribution is 5.90. The maximum atomic E-state index is 11.1. The SMILES string of the molecule is CC(C)C(C)OCc1ccc(C(=O)NN)o1. The Kier molecular flexibility index (Phi) is 4.52. The van der Waals surface area contributed by atoms with Crippen molar-refractivity contribution in [2.75, 3.05) is 0 Å². The van der Waals surface area contributed by atoms with E-state index in [9.17, 15) is 4.79 Å². The van der Waals surface area contributed by atoms with E-state index in [1.807, 2.05) is 12.3 Å². The molecule has 0 saturated carbocycles. The van der Waals surface area contributed by atoms with Gasteiger partial charge in [0.25, 0.3) is 0 Å². The van der Waals surface area contributed by atoms with E-state index in [1.54, 1.807) is 12.1 Å². The predicted octanol–water partition coefficient (Wildman–Crippen LogP) is 1.44. The molecule has 5 nitrogen and oxygen atoms in total. The van der Waals surface area contributed by atoms with Crippen LogP contribution >= 0.6 is 0 Å². The van der Waals surface area contributed by atoms with Crippen LogP contribution in [0.1, 0.15) is 37.1 Å². The number of nitrogens with one attached hydrogen (secondary N) is 1. The monoisotopic (exact) mass is 226 g/mol. The second-order valence-electron chi connectivity index (χ2n) is 4.00. The van der Waals surface area contributed by atoms with E-state index in [0.29, 0.717) is 18.3 Å². The summed E-state index contributed by atoms with van der Waals surface area (Å²) in [6, 6.07) is 3.28. The smallest absolute Gasteiger partial charge is 0.300 e. The minimum atomic E-state index is -0.442. The number of carbonyl (C=O) groups excluding carboxylic acids is 1. The highest BCUT2D eigenvalue weighted by atomic mass is 16.5. The van der Waals surface area contributed by atoms with Gasteiger partial charge in [-0.3, -0.25) is 10.2 Å². The van der Waals surface area contributed by atoms with Crippen LogP contribution < -0.4 is 11.3 Å². The van der Waals surface area contributed by atoms with Crippen molar-refractivity contribution in [1.82, 2.24) is 5.43 Å². The summed E-state index contributed by atoms with van der Waals surface area (Å²) in [5.41, 5.74) is 2.00. The van der Waals surface area contributed by atoms with Crippen LogP contribution in [-0.4, -0.2) is 12.0 Å². The molecule has 0 aromatic carbocycles. The van der Waals surface area contributed by atoms with Crippen molar-refractivity contribution < 1.29 is 13.9 Å². The molecule has 1 unspecified atom stereocenters. The first-order valence-corrected chi connectivity index (χ1v) is 5.26. The second-order valence-corrected chi connectivity index (χ2v) is 4.00. The predicted molar refractivity (Wildman–Crippen MR) is 59.5 cm³/mol. The Morgan fingerprint density at radius 1 is 1.50 bits per heavy atom. The van der Waals surface area contributed by atoms with Crippen LogP contribution in [0.4, 0.5) is 0 Å². The Morgan fingerprint density at radius 3 is 2.75 bits per heavy atom. The molecular weight excluding hydrogens is 208 g/mol. The fourth-order valence-electron chi connectivity index (χ4n) is 1.05. The molecule has 0 aliphatic heterocycles. The Balaban J connectivity index is 2.49. The number of amides is 1. The molecule has 0 aliphatic rings. The van der Waals surface area contributed by atoms with Crippen LogP contribution in [-0.2, 0) is 11.3 Å². The Hall–Kier alpha value is -1.33. The highest BCUT2D eigenvalue weighted by Crippen LogP contribution is 2.12. The lowest BCUT2D eigenvalue weighted by molar-refractivity contribution is 0.0145. The summed E-state index contributed by atoms with van der Waals surface area (Å²) < 4.78 is 10.8. The number of nitrogen functional groups attached to an aromatic ring is 1. The van der Waals surface area contributed by atoms with Gasteiger partial charge in [-0.25, -0.2) is 5.84 Å². The normalized spacial score (nSPS) is 12.8. The van der Waals surface area contributed by atoms with Crippen molar-refractivity contribution in [2.24, 2.45) is 11.8 Å². The Morgan fingerprint density at radius 2 is 2.19 bits per heavy atom. The van der Waals surface area contributed by atoms with Crippen molar-refractivity contribution >= 4 is 5.91 Å². The molecule has 5 heteroatoms. The summed E-state index contributed by atoms with van der Waals surface area (Å²) in [6.07, 6.45) is 0.150. The van der Waals surface area contributed by atoms with Gasteiger partial charge in [-0.1, -0.05) is 13.8 Å². The van der Waals surface area contributed by atoms with Gasteiger partial charge in [0, 0.05) is 0 Å². The van der Waals surface area contributed by atoms with Crippen molar-refractivity contribution in [3.63, 3.8) is 0 Å². The van der Waals surface area contributed by atoms with Gasteiger partial charge in [0.05, 0.1) is 6.10 Å². The van der Waals surface area contributed by atoms with E-state index in [1.165, 1.54) is 0 Å². The van der Waals surface area contributed by atoms with Gasteiger partial charge in [-0.2, -0.15) is 0 Å². The van der Waals surface area contributed by atoms with E-state index in [4.69, 9.17) is 15.0 Å². The lowest BCUT2D eigenvalue weighted by Crippen LogP contribution is -2.29. The molecule has 0 aliphatic carbocycles. The molecule has 0 bridgehead atoms. The first-order valence-electron chi connectivity index (χ1n) is 5.26. The third-order valence-electron chi connectivity index (χ3n) is 2.44. The third kappa shape index (κ3) is 3.36. The minimum Gasteiger partial charge on any atom is -0.453 e. The number of furan rings is 1. The number of hydrazine groups is 1. The van der Waals surface area contributed by atoms with E-state index in [0.717, 1.165) is 0 Å². The molecule has 0 spiro atoms. The molecule has 1 aromatic heterocycles. The molecule has 90 valence electrons. The summed E-state index contributed by atoms with van der Waals surface area (Å²) in [4.78, 5) is 11.1. The average Bonchev–Trinajstić information content (AvgIpc) is 2.73. The average molecular weight is 226 g/mol. The molecular formula is C11H18N2O3. The van der Waals surface area contributed by atoms with Crippen LogP contribution in [0.3, 0.4) is 0 Å². The zero-order valence-electron chi connectivity index (χ0n) is 9.82. The molecule has 3 N–H and O–H groups in total. The number of hydrogen-bond acceptors (Lipinski definition) is 4. The number of rotatable bonds is 5. The second kappa shape index (κ2) is 5.67. The van der Waals surface area contributed by atoms with Gasteiger partial charge < -0.3 is 9.15 Å². The quantitative estimate of drug-likeness (QED) is 0.452. The van der Waals surface area contributed by atoms with Crippen molar-refractivity contribution in [1.29, 1.82) is 0 Å². The van der Waals surface area contributed by atoms with Crippen molar-refractivity contribution in [3.8, 4) is 0 Å². The van der Waals surface area contributed by atoms with Gasteiger partial charge in [0.1, 0.15) is 12.4 Å². The molecule has 0 fully saturated rings. The lowest BCUT2D eigenvalue weighted by atomic mass is 10.1. The van der Waals surface area contributed by atoms with Gasteiger partial charge in [-0.15, -0.1) is 0 Å². The lowest BCUT2D eigenvalue weighted by Gasteiger charge is -2.15. The summed E-state index contributed by atoms with van der Waals surface area (Å²) in [7, 11) is 0. The summed E-state index contributed by atoms with van der Waals surface area (Å²) in [6.45, 7) is 6.53. The first kappa shape index (κ1) is 12.7. The topological polar surface area (TPSA) is 77.5 Å².